The highest BCUT2D eigenvalue weighted by atomic mass is 14.0. The van der Waals surface area contributed by atoms with E-state index in [0.29, 0.717) is 0 Å². The molecule has 0 fully saturated rings. The van der Waals surface area contributed by atoms with Crippen molar-refractivity contribution in [2.24, 2.45) is 5.92 Å². The van der Waals surface area contributed by atoms with Gasteiger partial charge in [-0.25, -0.2) is 0 Å². The molecule has 104 valence electrons. The first-order valence-corrected chi connectivity index (χ1v) is 7.68. The lowest BCUT2D eigenvalue weighted by molar-refractivity contribution is 0.516. The molecule has 0 aromatic rings. The van der Waals surface area contributed by atoms with Gasteiger partial charge >= 0.3 is 0 Å². The molecule has 0 atom stereocenters. The van der Waals surface area contributed by atoms with E-state index < -0.39 is 0 Å². The minimum Gasteiger partial charge on any atom is -0.103 e. The third kappa shape index (κ3) is 15.2. The second-order valence-corrected chi connectivity index (χ2v) is 5.44. The Hall–Kier alpha value is -0.780. The molecule has 0 heteroatoms. The van der Waals surface area contributed by atoms with Crippen LogP contribution in [0.2, 0.25) is 0 Å². The van der Waals surface area contributed by atoms with E-state index in [4.69, 9.17) is 0 Å². The number of unbranched alkanes of at least 4 members (excludes halogenated alkanes) is 5. The lowest BCUT2D eigenvalue weighted by atomic mass is 10.0. The fraction of sp³-hybridized carbons (Fsp3) is 0.667. The smallest absolute Gasteiger partial charge is 0.0169 e. The zero-order valence-electron chi connectivity index (χ0n) is 12.5. The van der Waals surface area contributed by atoms with E-state index in [0.717, 1.165) is 18.8 Å². The Balaban J connectivity index is 3.15. The summed E-state index contributed by atoms with van der Waals surface area (Å²) in [5.41, 5.74) is 0. The number of allylic oxidation sites excluding steroid dienone is 5. The highest BCUT2D eigenvalue weighted by molar-refractivity contribution is 4.95. The van der Waals surface area contributed by atoms with Gasteiger partial charge in [0.15, 0.2) is 0 Å². The van der Waals surface area contributed by atoms with Crippen molar-refractivity contribution in [2.75, 3.05) is 0 Å². The fourth-order valence-corrected chi connectivity index (χ4v) is 1.93. The van der Waals surface area contributed by atoms with Crippen molar-refractivity contribution in [3.63, 3.8) is 0 Å². The first-order chi connectivity index (χ1) is 8.77. The minimum absolute atomic E-state index is 0.877. The van der Waals surface area contributed by atoms with Crippen molar-refractivity contribution < 1.29 is 0 Å². The van der Waals surface area contributed by atoms with Crippen LogP contribution in [-0.4, -0.2) is 0 Å². The molecular formula is C18H32. The van der Waals surface area contributed by atoms with Gasteiger partial charge in [0, 0.05) is 0 Å². The van der Waals surface area contributed by atoms with Gasteiger partial charge in [0.05, 0.1) is 0 Å². The van der Waals surface area contributed by atoms with E-state index in [9.17, 15) is 0 Å². The molecule has 0 aliphatic rings. The van der Waals surface area contributed by atoms with Crippen LogP contribution in [-0.2, 0) is 0 Å². The largest absolute Gasteiger partial charge is 0.103 e. The quantitative estimate of drug-likeness (QED) is 0.275. The first kappa shape index (κ1) is 17.2. The number of hydrogen-bond acceptors (Lipinski definition) is 0. The van der Waals surface area contributed by atoms with Crippen molar-refractivity contribution in [3.8, 4) is 0 Å². The van der Waals surface area contributed by atoms with Crippen molar-refractivity contribution in [3.05, 3.63) is 37.0 Å². The van der Waals surface area contributed by atoms with E-state index >= 15 is 0 Å². The van der Waals surface area contributed by atoms with E-state index in [2.05, 4.69) is 44.7 Å². The van der Waals surface area contributed by atoms with Crippen molar-refractivity contribution in [1.29, 1.82) is 0 Å². The summed E-state index contributed by atoms with van der Waals surface area (Å²) in [6.07, 6.45) is 22.6. The maximum absolute atomic E-state index is 3.69. The molecule has 0 aliphatic heterocycles. The average molecular weight is 248 g/mol. The van der Waals surface area contributed by atoms with Crippen LogP contribution in [0.3, 0.4) is 0 Å². The second-order valence-electron chi connectivity index (χ2n) is 5.44. The normalized spacial score (nSPS) is 11.9. The van der Waals surface area contributed by atoms with Gasteiger partial charge < -0.3 is 0 Å². The monoisotopic (exact) mass is 248 g/mol. The Labute approximate surface area is 115 Å². The molecule has 0 spiro atoms. The molecule has 0 N–H and O–H groups in total. The summed E-state index contributed by atoms with van der Waals surface area (Å²) in [5.74, 6) is 0.877. The zero-order valence-corrected chi connectivity index (χ0v) is 12.5. The van der Waals surface area contributed by atoms with Gasteiger partial charge in [-0.3, -0.25) is 0 Å². The molecule has 0 aromatic carbocycles. The Morgan fingerprint density at radius 3 is 2.11 bits per heavy atom. The van der Waals surface area contributed by atoms with E-state index in [1.54, 1.807) is 0 Å². The van der Waals surface area contributed by atoms with Crippen LogP contribution >= 0.6 is 0 Å². The molecule has 0 rings (SSSR count). The van der Waals surface area contributed by atoms with Crippen LogP contribution in [0, 0.1) is 5.92 Å². The molecule has 0 amide bonds. The molecule has 0 heterocycles. The molecule has 0 saturated heterocycles. The van der Waals surface area contributed by atoms with Gasteiger partial charge in [0.1, 0.15) is 0 Å². The standard InChI is InChI=1S/C18H32/c1-4-5-6-7-8-9-10-11-12-13-14-15-16-17-18(2)3/h4,6-7,9-10,18H,1,5,8,11-17H2,2-3H3. The zero-order chi connectivity index (χ0) is 13.5. The summed E-state index contributed by atoms with van der Waals surface area (Å²) in [4.78, 5) is 0. The Bertz CT molecular complexity index is 220. The van der Waals surface area contributed by atoms with E-state index in [1.165, 1.54) is 44.9 Å². The summed E-state index contributed by atoms with van der Waals surface area (Å²) in [6, 6.07) is 0. The lowest BCUT2D eigenvalue weighted by Gasteiger charge is -2.03. The van der Waals surface area contributed by atoms with Crippen molar-refractivity contribution in [1.82, 2.24) is 0 Å². The molecular weight excluding hydrogens is 216 g/mol. The predicted molar refractivity (Wildman–Crippen MR) is 84.9 cm³/mol. The van der Waals surface area contributed by atoms with Crippen LogP contribution in [0.5, 0.6) is 0 Å². The fourth-order valence-electron chi connectivity index (χ4n) is 1.93. The van der Waals surface area contributed by atoms with E-state index in [1.807, 2.05) is 6.08 Å². The minimum atomic E-state index is 0.877. The van der Waals surface area contributed by atoms with Gasteiger partial charge in [-0.05, 0) is 31.6 Å². The Morgan fingerprint density at radius 1 is 0.778 bits per heavy atom. The molecule has 0 unspecified atom stereocenters. The summed E-state index contributed by atoms with van der Waals surface area (Å²) in [7, 11) is 0. The van der Waals surface area contributed by atoms with Crippen LogP contribution in [0.1, 0.15) is 71.6 Å². The van der Waals surface area contributed by atoms with Gasteiger partial charge in [0.2, 0.25) is 0 Å². The molecule has 0 nitrogen and oxygen atoms in total. The van der Waals surface area contributed by atoms with Gasteiger partial charge in [-0.15, -0.1) is 6.58 Å². The maximum Gasteiger partial charge on any atom is -0.0169 e. The van der Waals surface area contributed by atoms with Gasteiger partial charge in [0.25, 0.3) is 0 Å². The van der Waals surface area contributed by atoms with Gasteiger partial charge in [-0.2, -0.15) is 0 Å². The van der Waals surface area contributed by atoms with Crippen LogP contribution < -0.4 is 0 Å². The third-order valence-electron chi connectivity index (χ3n) is 3.06. The van der Waals surface area contributed by atoms with Crippen LogP contribution in [0.15, 0.2) is 37.0 Å². The van der Waals surface area contributed by atoms with Gasteiger partial charge in [-0.1, -0.05) is 76.3 Å². The van der Waals surface area contributed by atoms with Crippen LogP contribution in [0.4, 0.5) is 0 Å². The Kier molecular flexibility index (Phi) is 13.7. The SMILES string of the molecule is C=CCC=CCC=CCCCCCCCC(C)C. The maximum atomic E-state index is 3.69. The molecule has 0 bridgehead atoms. The summed E-state index contributed by atoms with van der Waals surface area (Å²) in [6.45, 7) is 8.32. The third-order valence-corrected chi connectivity index (χ3v) is 3.06. The van der Waals surface area contributed by atoms with Crippen LogP contribution in [0.25, 0.3) is 0 Å². The summed E-state index contributed by atoms with van der Waals surface area (Å²) < 4.78 is 0. The molecule has 0 radical (unpaired) electrons. The topological polar surface area (TPSA) is 0 Å². The summed E-state index contributed by atoms with van der Waals surface area (Å²) >= 11 is 0. The number of hydrogen-bond donors (Lipinski definition) is 0. The van der Waals surface area contributed by atoms with E-state index in [-0.39, 0.29) is 0 Å². The molecule has 0 saturated carbocycles. The Morgan fingerprint density at radius 2 is 1.39 bits per heavy atom. The summed E-state index contributed by atoms with van der Waals surface area (Å²) in [5, 5.41) is 0. The van der Waals surface area contributed by atoms with Crippen molar-refractivity contribution in [2.45, 2.75) is 71.6 Å². The molecule has 0 aliphatic carbocycles. The number of rotatable bonds is 12. The highest BCUT2D eigenvalue weighted by Crippen LogP contribution is 2.11. The second kappa shape index (κ2) is 14.3. The molecule has 0 aromatic heterocycles. The average Bonchev–Trinajstić information content (AvgIpc) is 2.34. The first-order valence-electron chi connectivity index (χ1n) is 7.68. The molecule has 18 heavy (non-hydrogen) atoms. The highest BCUT2D eigenvalue weighted by Gasteiger charge is 1.93. The lowest BCUT2D eigenvalue weighted by Crippen LogP contribution is -1.86. The predicted octanol–water partition coefficient (Wildman–Crippen LogP) is 6.45. The van der Waals surface area contributed by atoms with Crippen molar-refractivity contribution >= 4 is 0 Å².